The fourth-order valence-corrected chi connectivity index (χ4v) is 2.18. The molecule has 3 N–H and O–H groups in total. The van der Waals surface area contributed by atoms with Crippen LogP contribution in [0.5, 0.6) is 0 Å². The van der Waals surface area contributed by atoms with Gasteiger partial charge in [-0.05, 0) is 31.9 Å². The van der Waals surface area contributed by atoms with Crippen LogP contribution in [0.1, 0.15) is 28.6 Å². The number of nitrogens with zero attached hydrogens (tertiary/aromatic N) is 2. The molecule has 1 unspecified atom stereocenters. The van der Waals surface area contributed by atoms with Crippen molar-refractivity contribution in [1.82, 2.24) is 15.2 Å². The summed E-state index contributed by atoms with van der Waals surface area (Å²) in [5.41, 5.74) is 7.28. The summed E-state index contributed by atoms with van der Waals surface area (Å²) >= 11 is 0. The van der Waals surface area contributed by atoms with Crippen molar-refractivity contribution >= 4 is 0 Å². The van der Waals surface area contributed by atoms with Gasteiger partial charge in [0.25, 0.3) is 0 Å². The number of aryl methyl sites for hydroxylation is 2. The van der Waals surface area contributed by atoms with Crippen LogP contribution >= 0.6 is 0 Å². The molecule has 0 aliphatic carbocycles. The molecule has 2 aromatic heterocycles. The number of nitrogens with two attached hydrogens (primary N) is 1. The van der Waals surface area contributed by atoms with Crippen LogP contribution < -0.4 is 11.3 Å². The summed E-state index contributed by atoms with van der Waals surface area (Å²) in [4.78, 5) is 0. The van der Waals surface area contributed by atoms with Crippen LogP contribution in [0.25, 0.3) is 0 Å². The van der Waals surface area contributed by atoms with E-state index in [0.29, 0.717) is 0 Å². The lowest BCUT2D eigenvalue weighted by molar-refractivity contribution is 0.532. The van der Waals surface area contributed by atoms with E-state index in [-0.39, 0.29) is 6.04 Å². The molecule has 0 saturated carbocycles. The molecule has 2 rings (SSSR count). The first-order valence-corrected chi connectivity index (χ1v) is 5.60. The maximum atomic E-state index is 5.65. The molecule has 2 heterocycles. The second kappa shape index (κ2) is 4.73. The van der Waals surface area contributed by atoms with Crippen LogP contribution in [0, 0.1) is 13.8 Å². The SMILES string of the molecule is Cc1nn(C)c(C)c1C(Cc1ccoc1)NN. The summed E-state index contributed by atoms with van der Waals surface area (Å²) < 4.78 is 6.95. The molecule has 0 aromatic carbocycles. The highest BCUT2D eigenvalue weighted by Gasteiger charge is 2.19. The number of rotatable bonds is 4. The van der Waals surface area contributed by atoms with Gasteiger partial charge in [0.1, 0.15) is 0 Å². The normalized spacial score (nSPS) is 12.9. The summed E-state index contributed by atoms with van der Waals surface area (Å²) in [6.45, 7) is 4.05. The molecule has 92 valence electrons. The first kappa shape index (κ1) is 11.9. The predicted octanol–water partition coefficient (Wildman–Crippen LogP) is 1.38. The molecule has 0 bridgehead atoms. The van der Waals surface area contributed by atoms with Crippen LogP contribution in [0.3, 0.4) is 0 Å². The van der Waals surface area contributed by atoms with Crippen LogP contribution in [0.4, 0.5) is 0 Å². The standard InChI is InChI=1S/C12H18N4O/c1-8-12(9(2)16(3)15-8)11(14-13)6-10-4-5-17-7-10/h4-5,7,11,14H,6,13H2,1-3H3. The van der Waals surface area contributed by atoms with Gasteiger partial charge in [-0.1, -0.05) is 0 Å². The van der Waals surface area contributed by atoms with Crippen molar-refractivity contribution in [1.29, 1.82) is 0 Å². The van der Waals surface area contributed by atoms with Crippen molar-refractivity contribution in [3.8, 4) is 0 Å². The van der Waals surface area contributed by atoms with E-state index in [1.54, 1.807) is 12.5 Å². The number of aromatic nitrogens is 2. The highest BCUT2D eigenvalue weighted by Crippen LogP contribution is 2.24. The third-order valence-electron chi connectivity index (χ3n) is 3.13. The van der Waals surface area contributed by atoms with E-state index in [0.717, 1.165) is 28.9 Å². The first-order valence-electron chi connectivity index (χ1n) is 5.60. The zero-order valence-electron chi connectivity index (χ0n) is 10.4. The molecule has 0 spiro atoms. The lowest BCUT2D eigenvalue weighted by Crippen LogP contribution is -2.30. The van der Waals surface area contributed by atoms with Gasteiger partial charge in [0.2, 0.25) is 0 Å². The molecule has 0 radical (unpaired) electrons. The third-order valence-corrected chi connectivity index (χ3v) is 3.13. The lowest BCUT2D eigenvalue weighted by atomic mass is 9.99. The van der Waals surface area contributed by atoms with Gasteiger partial charge in [-0.2, -0.15) is 5.10 Å². The van der Waals surface area contributed by atoms with Crippen LogP contribution in [-0.4, -0.2) is 9.78 Å². The molecule has 5 heteroatoms. The molecule has 0 aliphatic heterocycles. The molecular formula is C12H18N4O. The fourth-order valence-electron chi connectivity index (χ4n) is 2.18. The molecule has 0 fully saturated rings. The van der Waals surface area contributed by atoms with Gasteiger partial charge in [0.05, 0.1) is 24.3 Å². The second-order valence-electron chi connectivity index (χ2n) is 4.26. The summed E-state index contributed by atoms with van der Waals surface area (Å²) in [5.74, 6) is 5.65. The Hall–Kier alpha value is -1.59. The molecule has 0 amide bonds. The summed E-state index contributed by atoms with van der Waals surface area (Å²) in [6, 6.07) is 2.01. The molecule has 5 nitrogen and oxygen atoms in total. The van der Waals surface area contributed by atoms with Crippen molar-refractivity contribution in [3.05, 3.63) is 41.1 Å². The van der Waals surface area contributed by atoms with Gasteiger partial charge in [0.15, 0.2) is 0 Å². The van der Waals surface area contributed by atoms with E-state index in [1.807, 2.05) is 24.7 Å². The average Bonchev–Trinajstić information content (AvgIpc) is 2.87. The molecule has 1 atom stereocenters. The Labute approximate surface area is 101 Å². The van der Waals surface area contributed by atoms with Crippen LogP contribution in [-0.2, 0) is 13.5 Å². The topological polar surface area (TPSA) is 69.0 Å². The van der Waals surface area contributed by atoms with E-state index in [4.69, 9.17) is 10.3 Å². The molecule has 17 heavy (non-hydrogen) atoms. The highest BCUT2D eigenvalue weighted by molar-refractivity contribution is 5.29. The molecular weight excluding hydrogens is 216 g/mol. The number of nitrogens with one attached hydrogen (secondary N) is 1. The Kier molecular flexibility index (Phi) is 3.31. The third kappa shape index (κ3) is 2.25. The van der Waals surface area contributed by atoms with E-state index in [1.165, 1.54) is 0 Å². The molecule has 0 aliphatic rings. The summed E-state index contributed by atoms with van der Waals surface area (Å²) in [6.07, 6.45) is 4.21. The van der Waals surface area contributed by atoms with E-state index in [9.17, 15) is 0 Å². The van der Waals surface area contributed by atoms with E-state index >= 15 is 0 Å². The highest BCUT2D eigenvalue weighted by atomic mass is 16.3. The summed E-state index contributed by atoms with van der Waals surface area (Å²) in [5, 5.41) is 4.41. The van der Waals surface area contributed by atoms with Gasteiger partial charge in [0, 0.05) is 18.3 Å². The quantitative estimate of drug-likeness (QED) is 0.619. The number of hydrazine groups is 1. The monoisotopic (exact) mass is 234 g/mol. The Morgan fingerprint density at radius 2 is 2.29 bits per heavy atom. The Bertz CT molecular complexity index is 487. The lowest BCUT2D eigenvalue weighted by Gasteiger charge is -2.15. The van der Waals surface area contributed by atoms with Crippen molar-refractivity contribution in [2.45, 2.75) is 26.3 Å². The van der Waals surface area contributed by atoms with Gasteiger partial charge >= 0.3 is 0 Å². The second-order valence-corrected chi connectivity index (χ2v) is 4.26. The minimum absolute atomic E-state index is 0.0568. The van der Waals surface area contributed by atoms with Gasteiger partial charge in [-0.15, -0.1) is 0 Å². The van der Waals surface area contributed by atoms with Crippen LogP contribution in [0.15, 0.2) is 23.0 Å². The maximum Gasteiger partial charge on any atom is 0.0935 e. The summed E-state index contributed by atoms with van der Waals surface area (Å²) in [7, 11) is 1.94. The van der Waals surface area contributed by atoms with Gasteiger partial charge in [-0.25, -0.2) is 0 Å². The smallest absolute Gasteiger partial charge is 0.0935 e. The van der Waals surface area contributed by atoms with E-state index in [2.05, 4.69) is 17.4 Å². The predicted molar refractivity (Wildman–Crippen MR) is 65.2 cm³/mol. The first-order chi connectivity index (χ1) is 8.13. The van der Waals surface area contributed by atoms with Crippen molar-refractivity contribution < 1.29 is 4.42 Å². The van der Waals surface area contributed by atoms with E-state index < -0.39 is 0 Å². The zero-order valence-corrected chi connectivity index (χ0v) is 10.4. The maximum absolute atomic E-state index is 5.65. The average molecular weight is 234 g/mol. The van der Waals surface area contributed by atoms with Gasteiger partial charge in [-0.3, -0.25) is 16.0 Å². The Morgan fingerprint density at radius 3 is 2.76 bits per heavy atom. The Balaban J connectivity index is 2.29. The number of hydrogen-bond donors (Lipinski definition) is 2. The fraction of sp³-hybridized carbons (Fsp3) is 0.417. The molecule has 2 aromatic rings. The van der Waals surface area contributed by atoms with Gasteiger partial charge < -0.3 is 4.42 Å². The minimum atomic E-state index is 0.0568. The zero-order chi connectivity index (χ0) is 12.4. The van der Waals surface area contributed by atoms with Crippen LogP contribution in [0.2, 0.25) is 0 Å². The Morgan fingerprint density at radius 1 is 1.53 bits per heavy atom. The van der Waals surface area contributed by atoms with Crippen molar-refractivity contribution in [2.75, 3.05) is 0 Å². The van der Waals surface area contributed by atoms with Crippen molar-refractivity contribution in [3.63, 3.8) is 0 Å². The number of hydrogen-bond acceptors (Lipinski definition) is 4. The largest absolute Gasteiger partial charge is 0.472 e. The number of furan rings is 1. The van der Waals surface area contributed by atoms with Crippen molar-refractivity contribution in [2.24, 2.45) is 12.9 Å². The molecule has 0 saturated heterocycles. The minimum Gasteiger partial charge on any atom is -0.472 e.